The molecular weight excluding hydrogens is 280 g/mol. The van der Waals surface area contributed by atoms with E-state index in [9.17, 15) is 18.4 Å². The lowest BCUT2D eigenvalue weighted by Gasteiger charge is -2.22. The maximum atomic E-state index is 13.1. The summed E-state index contributed by atoms with van der Waals surface area (Å²) in [6.45, 7) is 3.77. The molecule has 4 nitrogen and oxygen atoms in total. The van der Waals surface area contributed by atoms with E-state index in [-0.39, 0.29) is 31.2 Å². The first-order valence-electron chi connectivity index (χ1n) is 6.73. The lowest BCUT2D eigenvalue weighted by atomic mass is 10.1. The molecule has 1 aromatic carbocycles. The summed E-state index contributed by atoms with van der Waals surface area (Å²) in [5.41, 5.74) is 0.502. The fourth-order valence-corrected chi connectivity index (χ4v) is 1.96. The third-order valence-corrected chi connectivity index (χ3v) is 2.88. The number of rotatable bonds is 7. The molecule has 0 spiro atoms. The molecule has 1 amide bonds. The number of carbonyl (C=O) groups excluding carboxylic acids is 1. The van der Waals surface area contributed by atoms with E-state index >= 15 is 0 Å². The van der Waals surface area contributed by atoms with Crippen molar-refractivity contribution in [2.45, 2.75) is 26.7 Å². The van der Waals surface area contributed by atoms with Gasteiger partial charge in [-0.15, -0.1) is 0 Å². The average Bonchev–Trinajstić information content (AvgIpc) is 2.38. The van der Waals surface area contributed by atoms with Crippen molar-refractivity contribution in [3.05, 3.63) is 35.4 Å². The van der Waals surface area contributed by atoms with Crippen LogP contribution in [-0.2, 0) is 16.0 Å². The summed E-state index contributed by atoms with van der Waals surface area (Å²) in [6.07, 6.45) is 0.301. The van der Waals surface area contributed by atoms with Gasteiger partial charge in [-0.1, -0.05) is 19.9 Å². The first-order chi connectivity index (χ1) is 9.79. The van der Waals surface area contributed by atoms with Crippen molar-refractivity contribution in [3.63, 3.8) is 0 Å². The van der Waals surface area contributed by atoms with Crippen molar-refractivity contribution < 1.29 is 23.5 Å². The molecule has 0 saturated heterocycles. The summed E-state index contributed by atoms with van der Waals surface area (Å²) in [4.78, 5) is 24.1. The topological polar surface area (TPSA) is 57.6 Å². The average molecular weight is 299 g/mol. The van der Waals surface area contributed by atoms with E-state index < -0.39 is 17.6 Å². The number of hydrogen-bond acceptors (Lipinski definition) is 2. The molecule has 0 aromatic heterocycles. The maximum Gasteiger partial charge on any atom is 0.323 e. The molecule has 0 aliphatic carbocycles. The largest absolute Gasteiger partial charge is 0.480 e. The SMILES string of the molecule is CC(C)CN(CC(=O)O)C(=O)CCc1ccc(F)c(F)c1. The number of halogens is 2. The van der Waals surface area contributed by atoms with Gasteiger partial charge in [0.15, 0.2) is 11.6 Å². The number of amides is 1. The van der Waals surface area contributed by atoms with Gasteiger partial charge in [-0.3, -0.25) is 9.59 Å². The molecule has 1 aromatic rings. The molecule has 6 heteroatoms. The first-order valence-corrected chi connectivity index (χ1v) is 6.73. The summed E-state index contributed by atoms with van der Waals surface area (Å²) in [7, 11) is 0. The number of carboxylic acid groups (broad SMARTS) is 1. The highest BCUT2D eigenvalue weighted by molar-refractivity contribution is 5.81. The summed E-state index contributed by atoms with van der Waals surface area (Å²) in [5, 5.41) is 8.81. The summed E-state index contributed by atoms with van der Waals surface area (Å²) >= 11 is 0. The highest BCUT2D eigenvalue weighted by atomic mass is 19.2. The number of benzene rings is 1. The van der Waals surface area contributed by atoms with Gasteiger partial charge in [0.25, 0.3) is 0 Å². The predicted octanol–water partition coefficient (Wildman–Crippen LogP) is 2.47. The number of nitrogens with zero attached hydrogens (tertiary/aromatic N) is 1. The van der Waals surface area contributed by atoms with Gasteiger partial charge in [0.1, 0.15) is 6.54 Å². The van der Waals surface area contributed by atoms with Gasteiger partial charge in [0.2, 0.25) is 5.91 Å². The minimum absolute atomic E-state index is 0.0606. The molecule has 116 valence electrons. The van der Waals surface area contributed by atoms with Crippen LogP contribution < -0.4 is 0 Å². The second-order valence-electron chi connectivity index (χ2n) is 5.31. The Morgan fingerprint density at radius 3 is 2.43 bits per heavy atom. The van der Waals surface area contributed by atoms with Crippen LogP contribution in [-0.4, -0.2) is 35.0 Å². The molecule has 0 heterocycles. The quantitative estimate of drug-likeness (QED) is 0.841. The summed E-state index contributed by atoms with van der Waals surface area (Å²) < 4.78 is 25.9. The van der Waals surface area contributed by atoms with Gasteiger partial charge >= 0.3 is 5.97 Å². The zero-order valence-corrected chi connectivity index (χ0v) is 12.1. The second kappa shape index (κ2) is 7.71. The van der Waals surface area contributed by atoms with Gasteiger partial charge in [0.05, 0.1) is 0 Å². The van der Waals surface area contributed by atoms with Crippen LogP contribution in [0.3, 0.4) is 0 Å². The van der Waals surface area contributed by atoms with Crippen molar-refractivity contribution in [1.82, 2.24) is 4.90 Å². The van der Waals surface area contributed by atoms with E-state index in [1.54, 1.807) is 0 Å². The van der Waals surface area contributed by atoms with Crippen LogP contribution in [0.25, 0.3) is 0 Å². The van der Waals surface area contributed by atoms with Gasteiger partial charge in [0, 0.05) is 13.0 Å². The molecule has 0 bridgehead atoms. The molecule has 0 fully saturated rings. The van der Waals surface area contributed by atoms with Gasteiger partial charge in [-0.25, -0.2) is 8.78 Å². The van der Waals surface area contributed by atoms with Gasteiger partial charge < -0.3 is 10.0 Å². The monoisotopic (exact) mass is 299 g/mol. The second-order valence-corrected chi connectivity index (χ2v) is 5.31. The van der Waals surface area contributed by atoms with E-state index in [4.69, 9.17) is 5.11 Å². The Balaban J connectivity index is 2.63. The third kappa shape index (κ3) is 5.89. The number of aliphatic carboxylic acids is 1. The van der Waals surface area contributed by atoms with Crippen molar-refractivity contribution in [2.24, 2.45) is 5.92 Å². The molecule has 1 rings (SSSR count). The number of hydrogen-bond donors (Lipinski definition) is 1. The van der Waals surface area contributed by atoms with Crippen LogP contribution in [0.2, 0.25) is 0 Å². The molecule has 0 saturated carbocycles. The number of aryl methyl sites for hydroxylation is 1. The molecule has 0 aliphatic heterocycles. The van der Waals surface area contributed by atoms with E-state index in [2.05, 4.69) is 0 Å². The Morgan fingerprint density at radius 1 is 1.24 bits per heavy atom. The Morgan fingerprint density at radius 2 is 1.90 bits per heavy atom. The minimum atomic E-state index is -1.07. The lowest BCUT2D eigenvalue weighted by molar-refractivity contribution is -0.144. The summed E-state index contributed by atoms with van der Waals surface area (Å²) in [5.74, 6) is -3.12. The normalized spacial score (nSPS) is 10.7. The molecule has 0 unspecified atom stereocenters. The zero-order valence-electron chi connectivity index (χ0n) is 12.1. The van der Waals surface area contributed by atoms with Crippen LogP contribution in [0, 0.1) is 17.6 Å². The molecule has 0 radical (unpaired) electrons. The fraction of sp³-hybridized carbons (Fsp3) is 0.467. The third-order valence-electron chi connectivity index (χ3n) is 2.88. The van der Waals surface area contributed by atoms with Crippen LogP contribution in [0.5, 0.6) is 0 Å². The van der Waals surface area contributed by atoms with Crippen molar-refractivity contribution in [1.29, 1.82) is 0 Å². The van der Waals surface area contributed by atoms with E-state index in [1.165, 1.54) is 11.0 Å². The van der Waals surface area contributed by atoms with Crippen molar-refractivity contribution >= 4 is 11.9 Å². The van der Waals surface area contributed by atoms with Gasteiger partial charge in [-0.2, -0.15) is 0 Å². The van der Waals surface area contributed by atoms with Crippen LogP contribution >= 0.6 is 0 Å². The molecule has 0 atom stereocenters. The zero-order chi connectivity index (χ0) is 16.0. The summed E-state index contributed by atoms with van der Waals surface area (Å²) in [6, 6.07) is 3.47. The smallest absolute Gasteiger partial charge is 0.323 e. The minimum Gasteiger partial charge on any atom is -0.480 e. The van der Waals surface area contributed by atoms with E-state index in [0.717, 1.165) is 12.1 Å². The number of carbonyl (C=O) groups is 2. The Hall–Kier alpha value is -1.98. The Bertz CT molecular complexity index is 518. The Kier molecular flexibility index (Phi) is 6.27. The van der Waals surface area contributed by atoms with Gasteiger partial charge in [-0.05, 0) is 30.0 Å². The maximum absolute atomic E-state index is 13.1. The lowest BCUT2D eigenvalue weighted by Crippen LogP contribution is -2.38. The Labute approximate surface area is 122 Å². The highest BCUT2D eigenvalue weighted by Gasteiger charge is 2.17. The van der Waals surface area contributed by atoms with E-state index in [0.29, 0.717) is 12.1 Å². The highest BCUT2D eigenvalue weighted by Crippen LogP contribution is 2.11. The molecule has 21 heavy (non-hydrogen) atoms. The molecular formula is C15H19F2NO3. The van der Waals surface area contributed by atoms with Crippen LogP contribution in [0.15, 0.2) is 18.2 Å². The standard InChI is InChI=1S/C15H19F2NO3/c1-10(2)8-18(9-15(20)21)14(19)6-4-11-3-5-12(16)13(17)7-11/h3,5,7,10H,4,6,8-9H2,1-2H3,(H,20,21). The van der Waals surface area contributed by atoms with Crippen molar-refractivity contribution in [2.75, 3.05) is 13.1 Å². The molecule has 1 N–H and O–H groups in total. The fourth-order valence-electron chi connectivity index (χ4n) is 1.96. The number of carboxylic acids is 1. The first kappa shape index (κ1) is 17.1. The predicted molar refractivity (Wildman–Crippen MR) is 73.7 cm³/mol. The van der Waals surface area contributed by atoms with Crippen molar-refractivity contribution in [3.8, 4) is 0 Å². The van der Waals surface area contributed by atoms with E-state index in [1.807, 2.05) is 13.8 Å². The van der Waals surface area contributed by atoms with Crippen LogP contribution in [0.4, 0.5) is 8.78 Å². The van der Waals surface area contributed by atoms with Crippen LogP contribution in [0.1, 0.15) is 25.8 Å². The molecule has 0 aliphatic rings.